The average Bonchev–Trinajstić information content (AvgIpc) is 2.97. The predicted octanol–water partition coefficient (Wildman–Crippen LogP) is 4.39. The maximum atomic E-state index is 13.3. The second kappa shape index (κ2) is 15.8. The number of nitrogens with one attached hydrogen (secondary N) is 1. The van der Waals surface area contributed by atoms with Crippen molar-refractivity contribution in [2.45, 2.75) is 64.1 Å². The van der Waals surface area contributed by atoms with E-state index in [4.69, 9.17) is 4.74 Å². The van der Waals surface area contributed by atoms with Crippen LogP contribution in [0.15, 0.2) is 79.9 Å². The first kappa shape index (κ1) is 30.8. The summed E-state index contributed by atoms with van der Waals surface area (Å²) in [4.78, 5) is 41.0. The van der Waals surface area contributed by atoms with E-state index in [0.717, 1.165) is 16.7 Å². The fourth-order valence-electron chi connectivity index (χ4n) is 5.10. The fraction of sp³-hybridized carbons (Fsp3) is 0.424. The van der Waals surface area contributed by atoms with E-state index in [2.05, 4.69) is 18.5 Å². The number of benzene rings is 2. The molecular formula is C33H42N2O5. The van der Waals surface area contributed by atoms with Gasteiger partial charge in [0.05, 0.1) is 31.0 Å². The molecule has 0 saturated heterocycles. The summed E-state index contributed by atoms with van der Waals surface area (Å²) >= 11 is 0. The van der Waals surface area contributed by atoms with Crippen molar-refractivity contribution in [2.24, 2.45) is 11.8 Å². The van der Waals surface area contributed by atoms with E-state index in [0.29, 0.717) is 38.6 Å². The highest BCUT2D eigenvalue weighted by Crippen LogP contribution is 2.25. The lowest BCUT2D eigenvalue weighted by Crippen LogP contribution is -2.47. The Hall–Kier alpha value is -3.71. The van der Waals surface area contributed by atoms with Gasteiger partial charge >= 0.3 is 5.97 Å². The van der Waals surface area contributed by atoms with Gasteiger partial charge in [0.15, 0.2) is 0 Å². The van der Waals surface area contributed by atoms with Gasteiger partial charge in [0.25, 0.3) is 0 Å². The lowest BCUT2D eigenvalue weighted by Gasteiger charge is -2.36. The van der Waals surface area contributed by atoms with Crippen molar-refractivity contribution in [3.8, 4) is 0 Å². The number of amides is 2. The van der Waals surface area contributed by atoms with Crippen LogP contribution < -0.4 is 5.32 Å². The Balaban J connectivity index is 1.55. The van der Waals surface area contributed by atoms with E-state index in [-0.39, 0.29) is 49.3 Å². The molecule has 7 nitrogen and oxygen atoms in total. The van der Waals surface area contributed by atoms with Crippen LogP contribution in [0, 0.1) is 11.8 Å². The first-order chi connectivity index (χ1) is 19.4. The summed E-state index contributed by atoms with van der Waals surface area (Å²) in [5.41, 5.74) is 3.25. The molecule has 0 spiro atoms. The highest BCUT2D eigenvalue weighted by Gasteiger charge is 2.32. The molecule has 2 aromatic rings. The van der Waals surface area contributed by atoms with Gasteiger partial charge in [-0.1, -0.05) is 66.7 Å². The second-order valence-corrected chi connectivity index (χ2v) is 10.5. The Labute approximate surface area is 237 Å². The molecule has 4 atom stereocenters. The van der Waals surface area contributed by atoms with Crippen LogP contribution in [-0.2, 0) is 38.5 Å². The van der Waals surface area contributed by atoms with Gasteiger partial charge in [-0.25, -0.2) is 0 Å². The number of nitrogens with zero attached hydrogens (tertiary/aromatic N) is 1. The number of aliphatic hydroxyl groups is 1. The van der Waals surface area contributed by atoms with Crippen LogP contribution in [0.4, 0.5) is 0 Å². The number of fused-ring (bicyclic) bond motifs is 1. The maximum absolute atomic E-state index is 13.3. The van der Waals surface area contributed by atoms with Crippen LogP contribution in [0.1, 0.15) is 49.3 Å². The van der Waals surface area contributed by atoms with Crippen molar-refractivity contribution in [2.75, 3.05) is 13.2 Å². The van der Waals surface area contributed by atoms with Crippen LogP contribution in [-0.4, -0.2) is 53.1 Å². The first-order valence-electron chi connectivity index (χ1n) is 14.1. The minimum Gasteiger partial charge on any atom is -0.461 e. The normalized spacial score (nSPS) is 16.6. The molecule has 3 rings (SSSR count). The monoisotopic (exact) mass is 546 g/mol. The summed E-state index contributed by atoms with van der Waals surface area (Å²) in [6, 6.07) is 17.4. The van der Waals surface area contributed by atoms with E-state index in [1.54, 1.807) is 24.0 Å². The van der Waals surface area contributed by atoms with Crippen molar-refractivity contribution >= 4 is 17.8 Å². The fourth-order valence-corrected chi connectivity index (χ4v) is 5.10. The molecule has 7 heteroatoms. The number of ether oxygens (including phenoxy) is 1. The van der Waals surface area contributed by atoms with E-state index in [1.165, 1.54) is 0 Å². The lowest BCUT2D eigenvalue weighted by atomic mass is 9.92. The van der Waals surface area contributed by atoms with E-state index < -0.39 is 12.0 Å². The number of aliphatic hydroxyl groups excluding tert-OH is 1. The number of carbonyl (C=O) groups excluding carboxylic acids is 3. The number of carbonyl (C=O) groups is 3. The topological polar surface area (TPSA) is 95.9 Å². The van der Waals surface area contributed by atoms with Crippen molar-refractivity contribution < 1.29 is 24.2 Å². The Kier molecular flexibility index (Phi) is 12.2. The molecule has 0 saturated carbocycles. The van der Waals surface area contributed by atoms with Gasteiger partial charge < -0.3 is 20.1 Å². The molecule has 1 aliphatic heterocycles. The summed E-state index contributed by atoms with van der Waals surface area (Å²) in [7, 11) is 0. The molecule has 0 aliphatic carbocycles. The predicted molar refractivity (Wildman–Crippen MR) is 156 cm³/mol. The third-order valence-electron chi connectivity index (χ3n) is 7.39. The van der Waals surface area contributed by atoms with Crippen molar-refractivity contribution in [1.29, 1.82) is 0 Å². The first-order valence-corrected chi connectivity index (χ1v) is 14.1. The summed E-state index contributed by atoms with van der Waals surface area (Å²) in [6.07, 6.45) is 5.72. The smallest absolute Gasteiger partial charge is 0.309 e. The lowest BCUT2D eigenvalue weighted by molar-refractivity contribution is -0.153. The zero-order valence-corrected chi connectivity index (χ0v) is 23.5. The molecule has 0 bridgehead atoms. The van der Waals surface area contributed by atoms with Gasteiger partial charge in [0.1, 0.15) is 6.10 Å². The van der Waals surface area contributed by atoms with Crippen LogP contribution in [0.5, 0.6) is 0 Å². The Morgan fingerprint density at radius 2 is 1.75 bits per heavy atom. The maximum Gasteiger partial charge on any atom is 0.309 e. The Morgan fingerprint density at radius 1 is 1.05 bits per heavy atom. The van der Waals surface area contributed by atoms with Gasteiger partial charge in [-0.15, -0.1) is 13.2 Å². The SMILES string of the molecule is C=CCCC(Cc1ccccc1)C(=O)OC(C)CNC(=O)C(CC=C)CC(=O)N1Cc2ccccc2CC1CO. The molecule has 214 valence electrons. The standard InChI is InChI=1S/C33H42N2O5/c1-4-6-15-28(18-25-13-8-7-9-14-25)33(39)40-24(3)21-34-32(38)27(12-5-2)20-31(37)35-22-29-17-11-10-16-26(29)19-30(35)23-36/h4-5,7-11,13-14,16-17,24,27-28,30,36H,1-2,6,12,15,18-23H2,3H3,(H,34,38). The van der Waals surface area contributed by atoms with Crippen LogP contribution in [0.2, 0.25) is 0 Å². The van der Waals surface area contributed by atoms with Crippen molar-refractivity contribution in [3.05, 3.63) is 96.6 Å². The number of allylic oxidation sites excluding steroid dienone is 2. The molecule has 4 unspecified atom stereocenters. The third kappa shape index (κ3) is 8.91. The van der Waals surface area contributed by atoms with Crippen molar-refractivity contribution in [3.63, 3.8) is 0 Å². The molecule has 2 N–H and O–H groups in total. The number of esters is 1. The summed E-state index contributed by atoms with van der Waals surface area (Å²) < 4.78 is 5.70. The van der Waals surface area contributed by atoms with Crippen LogP contribution in [0.3, 0.4) is 0 Å². The highest BCUT2D eigenvalue weighted by atomic mass is 16.5. The molecule has 2 aromatic carbocycles. The number of rotatable bonds is 15. The van der Waals surface area contributed by atoms with E-state index in [9.17, 15) is 19.5 Å². The Bertz CT molecular complexity index is 1150. The molecule has 0 aromatic heterocycles. The molecule has 40 heavy (non-hydrogen) atoms. The van der Waals surface area contributed by atoms with Crippen LogP contribution in [0.25, 0.3) is 0 Å². The summed E-state index contributed by atoms with van der Waals surface area (Å²) in [5.74, 6) is -1.69. The minimum atomic E-state index is -0.608. The van der Waals surface area contributed by atoms with Crippen molar-refractivity contribution in [1.82, 2.24) is 10.2 Å². The number of hydrogen-bond donors (Lipinski definition) is 2. The van der Waals surface area contributed by atoms with Gasteiger partial charge in [0.2, 0.25) is 11.8 Å². The molecule has 0 fully saturated rings. The Morgan fingerprint density at radius 3 is 2.42 bits per heavy atom. The molecular weight excluding hydrogens is 504 g/mol. The van der Waals surface area contributed by atoms with Gasteiger partial charge in [-0.3, -0.25) is 14.4 Å². The van der Waals surface area contributed by atoms with E-state index >= 15 is 0 Å². The molecule has 1 heterocycles. The average molecular weight is 547 g/mol. The molecule has 0 radical (unpaired) electrons. The summed E-state index contributed by atoms with van der Waals surface area (Å²) in [6.45, 7) is 9.67. The summed E-state index contributed by atoms with van der Waals surface area (Å²) in [5, 5.41) is 12.8. The third-order valence-corrected chi connectivity index (χ3v) is 7.39. The minimum absolute atomic E-state index is 0.00535. The second-order valence-electron chi connectivity index (χ2n) is 10.5. The zero-order chi connectivity index (χ0) is 28.9. The van der Waals surface area contributed by atoms with E-state index in [1.807, 2.05) is 54.6 Å². The van der Waals surface area contributed by atoms with Gasteiger partial charge in [-0.2, -0.15) is 0 Å². The van der Waals surface area contributed by atoms with Gasteiger partial charge in [-0.05, 0) is 55.7 Å². The van der Waals surface area contributed by atoms with Crippen LogP contribution >= 0.6 is 0 Å². The molecule has 2 amide bonds. The number of hydrogen-bond acceptors (Lipinski definition) is 5. The largest absolute Gasteiger partial charge is 0.461 e. The van der Waals surface area contributed by atoms with Gasteiger partial charge in [0, 0.05) is 13.0 Å². The zero-order valence-electron chi connectivity index (χ0n) is 23.5. The highest BCUT2D eigenvalue weighted by molar-refractivity contribution is 5.86. The quantitative estimate of drug-likeness (QED) is 0.255. The molecule has 1 aliphatic rings.